The highest BCUT2D eigenvalue weighted by molar-refractivity contribution is 5.90. The third kappa shape index (κ3) is 3.83. The molecule has 1 heterocycles. The normalized spacial score (nSPS) is 11.9. The molecule has 1 rings (SSSR count). The van der Waals surface area contributed by atoms with E-state index in [1.165, 1.54) is 0 Å². The van der Waals surface area contributed by atoms with Crippen LogP contribution in [0.4, 0.5) is 5.88 Å². The van der Waals surface area contributed by atoms with Crippen LogP contribution in [0.3, 0.4) is 0 Å². The fraction of sp³-hybridized carbons (Fsp3) is 0.636. The maximum Gasteiger partial charge on any atom is 0.240 e. The van der Waals surface area contributed by atoms with Gasteiger partial charge in [0.2, 0.25) is 11.8 Å². The van der Waals surface area contributed by atoms with E-state index < -0.39 is 5.54 Å². The zero-order chi connectivity index (χ0) is 13.1. The molecule has 2 N–H and O–H groups in total. The van der Waals surface area contributed by atoms with Gasteiger partial charge in [-0.15, -0.1) is 0 Å². The summed E-state index contributed by atoms with van der Waals surface area (Å²) in [4.78, 5) is 13.4. The molecule has 1 aromatic rings. The molecule has 96 valence electrons. The Kier molecular flexibility index (Phi) is 4.25. The minimum atomic E-state index is -0.436. The van der Waals surface area contributed by atoms with Gasteiger partial charge in [0.25, 0.3) is 0 Å². The van der Waals surface area contributed by atoms with Crippen LogP contribution in [0, 0.1) is 6.92 Å². The predicted molar refractivity (Wildman–Crippen MR) is 63.7 cm³/mol. The lowest BCUT2D eigenvalue weighted by molar-refractivity contribution is -0.118. The first kappa shape index (κ1) is 13.7. The van der Waals surface area contributed by atoms with Gasteiger partial charge in [-0.25, -0.2) is 0 Å². The van der Waals surface area contributed by atoms with Gasteiger partial charge >= 0.3 is 0 Å². The Morgan fingerprint density at radius 3 is 2.76 bits per heavy atom. The monoisotopic (exact) mass is 241 g/mol. The van der Waals surface area contributed by atoms with E-state index in [4.69, 9.17) is 9.63 Å². The summed E-state index contributed by atoms with van der Waals surface area (Å²) >= 11 is 0. The molecule has 1 aromatic heterocycles. The summed E-state index contributed by atoms with van der Waals surface area (Å²) in [6.07, 6.45) is 0. The van der Waals surface area contributed by atoms with E-state index in [1.54, 1.807) is 24.9 Å². The first-order valence-corrected chi connectivity index (χ1v) is 5.40. The van der Waals surface area contributed by atoms with Gasteiger partial charge in [-0.1, -0.05) is 5.16 Å². The second kappa shape index (κ2) is 5.29. The predicted octanol–water partition coefficient (Wildman–Crippen LogP) is 0.624. The molecule has 0 bridgehead atoms. The second-order valence-electron chi connectivity index (χ2n) is 4.71. The van der Waals surface area contributed by atoms with Gasteiger partial charge < -0.3 is 9.63 Å². The van der Waals surface area contributed by atoms with Crippen molar-refractivity contribution in [2.24, 2.45) is 0 Å². The molecule has 0 radical (unpaired) electrons. The van der Waals surface area contributed by atoms with Crippen LogP contribution in [0.2, 0.25) is 0 Å². The quantitative estimate of drug-likeness (QED) is 0.790. The summed E-state index contributed by atoms with van der Waals surface area (Å²) in [5, 5.41) is 15.4. The highest BCUT2D eigenvalue weighted by atomic mass is 16.5. The van der Waals surface area contributed by atoms with Crippen molar-refractivity contribution in [3.63, 3.8) is 0 Å². The topological polar surface area (TPSA) is 78.6 Å². The van der Waals surface area contributed by atoms with E-state index >= 15 is 0 Å². The number of amides is 1. The lowest BCUT2D eigenvalue weighted by Gasteiger charge is -2.33. The SMILES string of the molecule is Cc1cc(NC(=O)CN(C)C(C)(C)CO)on1. The van der Waals surface area contributed by atoms with Gasteiger partial charge in [-0.05, 0) is 27.8 Å². The summed E-state index contributed by atoms with van der Waals surface area (Å²) < 4.78 is 4.88. The molecule has 0 fully saturated rings. The summed E-state index contributed by atoms with van der Waals surface area (Å²) in [5.74, 6) is 0.132. The maximum atomic E-state index is 11.7. The van der Waals surface area contributed by atoms with Crippen molar-refractivity contribution in [3.8, 4) is 0 Å². The zero-order valence-corrected chi connectivity index (χ0v) is 10.6. The Balaban J connectivity index is 2.50. The number of hydrogen-bond donors (Lipinski definition) is 2. The van der Waals surface area contributed by atoms with Gasteiger partial charge in [-0.2, -0.15) is 0 Å². The minimum Gasteiger partial charge on any atom is -0.394 e. The molecule has 0 unspecified atom stereocenters. The van der Waals surface area contributed by atoms with Crippen molar-refractivity contribution in [3.05, 3.63) is 11.8 Å². The van der Waals surface area contributed by atoms with Crippen molar-refractivity contribution in [1.29, 1.82) is 0 Å². The molecule has 0 spiro atoms. The van der Waals surface area contributed by atoms with E-state index in [9.17, 15) is 4.79 Å². The van der Waals surface area contributed by atoms with Crippen molar-refractivity contribution in [2.45, 2.75) is 26.3 Å². The minimum absolute atomic E-state index is 0.0157. The van der Waals surface area contributed by atoms with Crippen LogP contribution < -0.4 is 5.32 Å². The fourth-order valence-corrected chi connectivity index (χ4v) is 1.15. The Labute approximate surface area is 101 Å². The maximum absolute atomic E-state index is 11.7. The smallest absolute Gasteiger partial charge is 0.240 e. The van der Waals surface area contributed by atoms with Gasteiger partial charge in [0.15, 0.2) is 0 Å². The number of aliphatic hydroxyl groups excluding tert-OH is 1. The number of hydrogen-bond acceptors (Lipinski definition) is 5. The van der Waals surface area contributed by atoms with E-state index in [2.05, 4.69) is 10.5 Å². The van der Waals surface area contributed by atoms with Gasteiger partial charge in [0, 0.05) is 11.6 Å². The number of aliphatic hydroxyl groups is 1. The largest absolute Gasteiger partial charge is 0.394 e. The van der Waals surface area contributed by atoms with Gasteiger partial charge in [0.1, 0.15) is 0 Å². The molecular weight excluding hydrogens is 222 g/mol. The van der Waals surface area contributed by atoms with E-state index in [0.717, 1.165) is 0 Å². The number of anilines is 1. The molecule has 0 atom stereocenters. The lowest BCUT2D eigenvalue weighted by Crippen LogP contribution is -2.47. The first-order valence-electron chi connectivity index (χ1n) is 5.40. The zero-order valence-electron chi connectivity index (χ0n) is 10.6. The average molecular weight is 241 g/mol. The summed E-state index contributed by atoms with van der Waals surface area (Å²) in [6, 6.07) is 1.65. The average Bonchev–Trinajstić information content (AvgIpc) is 2.63. The Bertz CT molecular complexity index is 387. The molecule has 6 heteroatoms. The molecule has 17 heavy (non-hydrogen) atoms. The van der Waals surface area contributed by atoms with Crippen molar-refractivity contribution < 1.29 is 14.4 Å². The molecule has 0 saturated carbocycles. The number of aromatic nitrogens is 1. The molecule has 0 aromatic carbocycles. The number of aryl methyl sites for hydroxylation is 1. The Hall–Kier alpha value is -1.40. The van der Waals surface area contributed by atoms with Crippen LogP contribution in [-0.2, 0) is 4.79 Å². The number of rotatable bonds is 5. The summed E-state index contributed by atoms with van der Waals surface area (Å²) in [5.41, 5.74) is 0.277. The third-order valence-corrected chi connectivity index (χ3v) is 2.69. The number of nitrogens with zero attached hydrogens (tertiary/aromatic N) is 2. The van der Waals surface area contributed by atoms with Crippen molar-refractivity contribution >= 4 is 11.8 Å². The number of likely N-dealkylation sites (N-methyl/N-ethyl adjacent to an activating group) is 1. The molecule has 0 aliphatic heterocycles. The molecular formula is C11H19N3O3. The van der Waals surface area contributed by atoms with E-state index in [0.29, 0.717) is 11.6 Å². The van der Waals surface area contributed by atoms with Crippen LogP contribution in [0.15, 0.2) is 10.6 Å². The van der Waals surface area contributed by atoms with Gasteiger partial charge in [0.05, 0.1) is 18.8 Å². The summed E-state index contributed by atoms with van der Waals surface area (Å²) in [6.45, 7) is 5.66. The van der Waals surface area contributed by atoms with Crippen LogP contribution in [-0.4, -0.2) is 46.8 Å². The molecule has 1 amide bonds. The number of nitrogens with one attached hydrogen (secondary N) is 1. The van der Waals surface area contributed by atoms with E-state index in [1.807, 2.05) is 13.8 Å². The standard InChI is InChI=1S/C11H19N3O3/c1-8-5-10(17-13-8)12-9(16)6-14(4)11(2,3)7-15/h5,15H,6-7H2,1-4H3,(H,12,16). The van der Waals surface area contributed by atoms with Crippen LogP contribution >= 0.6 is 0 Å². The van der Waals surface area contributed by atoms with Crippen molar-refractivity contribution in [2.75, 3.05) is 25.5 Å². The number of carbonyl (C=O) groups excluding carboxylic acids is 1. The number of carbonyl (C=O) groups is 1. The second-order valence-corrected chi connectivity index (χ2v) is 4.71. The molecule has 0 saturated heterocycles. The highest BCUT2D eigenvalue weighted by Crippen LogP contribution is 2.12. The Morgan fingerprint density at radius 2 is 2.29 bits per heavy atom. The van der Waals surface area contributed by atoms with Crippen LogP contribution in [0.25, 0.3) is 0 Å². The highest BCUT2D eigenvalue weighted by Gasteiger charge is 2.24. The van der Waals surface area contributed by atoms with Gasteiger partial charge in [-0.3, -0.25) is 15.0 Å². The molecule has 0 aliphatic carbocycles. The van der Waals surface area contributed by atoms with Crippen LogP contribution in [0.1, 0.15) is 19.5 Å². The van der Waals surface area contributed by atoms with Crippen molar-refractivity contribution in [1.82, 2.24) is 10.1 Å². The summed E-state index contributed by atoms with van der Waals surface area (Å²) in [7, 11) is 1.78. The third-order valence-electron chi connectivity index (χ3n) is 2.69. The fourth-order valence-electron chi connectivity index (χ4n) is 1.15. The first-order chi connectivity index (χ1) is 7.85. The van der Waals surface area contributed by atoms with E-state index in [-0.39, 0.29) is 19.1 Å². The lowest BCUT2D eigenvalue weighted by atomic mass is 10.1. The molecule has 6 nitrogen and oxygen atoms in total. The van der Waals surface area contributed by atoms with Crippen LogP contribution in [0.5, 0.6) is 0 Å². The molecule has 0 aliphatic rings. The Morgan fingerprint density at radius 1 is 1.65 bits per heavy atom.